The molecule has 8 heteroatoms. The van der Waals surface area contributed by atoms with Crippen LogP contribution in [0.15, 0.2) is 59.7 Å². The smallest absolute Gasteiger partial charge is 0.261 e. The number of anilines is 1. The van der Waals surface area contributed by atoms with E-state index in [-0.39, 0.29) is 23.3 Å². The third kappa shape index (κ3) is 4.58. The summed E-state index contributed by atoms with van der Waals surface area (Å²) in [5.74, 6) is -0.537. The number of amides is 2. The van der Waals surface area contributed by atoms with Gasteiger partial charge in [-0.15, -0.1) is 0 Å². The van der Waals surface area contributed by atoms with E-state index < -0.39 is 5.56 Å². The molecule has 3 heterocycles. The van der Waals surface area contributed by atoms with E-state index in [0.29, 0.717) is 37.3 Å². The van der Waals surface area contributed by atoms with Gasteiger partial charge in [-0.2, -0.15) is 5.10 Å². The molecule has 1 saturated heterocycles. The lowest BCUT2D eigenvalue weighted by atomic mass is 9.95. The van der Waals surface area contributed by atoms with Crippen molar-refractivity contribution in [3.05, 3.63) is 70.8 Å². The highest BCUT2D eigenvalue weighted by molar-refractivity contribution is 5.95. The molecule has 0 radical (unpaired) electrons. The van der Waals surface area contributed by atoms with E-state index in [1.54, 1.807) is 34.1 Å². The number of piperidine rings is 1. The van der Waals surface area contributed by atoms with Crippen LogP contribution in [0.4, 0.5) is 5.69 Å². The van der Waals surface area contributed by atoms with Crippen molar-refractivity contribution in [3.63, 3.8) is 0 Å². The number of hydrogen-bond donors (Lipinski definition) is 2. The Morgan fingerprint density at radius 3 is 2.52 bits per heavy atom. The van der Waals surface area contributed by atoms with Crippen LogP contribution in [0.1, 0.15) is 30.1 Å². The van der Waals surface area contributed by atoms with E-state index in [9.17, 15) is 14.4 Å². The van der Waals surface area contributed by atoms with Gasteiger partial charge in [0.05, 0.1) is 11.9 Å². The van der Waals surface area contributed by atoms with E-state index in [2.05, 4.69) is 15.4 Å². The summed E-state index contributed by atoms with van der Waals surface area (Å²) >= 11 is 0. The molecule has 160 valence electrons. The Morgan fingerprint density at radius 1 is 1.13 bits per heavy atom. The molecule has 2 aromatic heterocycles. The molecule has 1 aliphatic heterocycles. The van der Waals surface area contributed by atoms with E-state index in [0.717, 1.165) is 12.1 Å². The topological polar surface area (TPSA) is 100 Å². The molecular weight excluding hydrogens is 394 g/mol. The first-order valence-corrected chi connectivity index (χ1v) is 10.5. The minimum atomic E-state index is -0.404. The first-order chi connectivity index (χ1) is 15.0. The van der Waals surface area contributed by atoms with E-state index >= 15 is 0 Å². The molecule has 2 N–H and O–H groups in total. The van der Waals surface area contributed by atoms with E-state index in [1.165, 1.54) is 0 Å². The molecule has 0 bridgehead atoms. The van der Waals surface area contributed by atoms with Crippen molar-refractivity contribution in [2.24, 2.45) is 5.92 Å². The van der Waals surface area contributed by atoms with E-state index in [1.807, 2.05) is 37.3 Å². The third-order valence-corrected chi connectivity index (χ3v) is 5.60. The number of carbonyl (C=O) groups excluding carboxylic acids is 2. The summed E-state index contributed by atoms with van der Waals surface area (Å²) in [6.45, 7) is 3.59. The second kappa shape index (κ2) is 8.99. The Balaban J connectivity index is 1.37. The number of likely N-dealkylation sites (tertiary alicyclic amines) is 1. The number of nitrogens with zero attached hydrogens (tertiary/aromatic N) is 3. The van der Waals surface area contributed by atoms with Crippen LogP contribution >= 0.6 is 0 Å². The number of aromatic amines is 1. The second-order valence-electron chi connectivity index (χ2n) is 7.62. The first-order valence-electron chi connectivity index (χ1n) is 10.5. The van der Waals surface area contributed by atoms with Crippen LogP contribution < -0.4 is 10.9 Å². The number of rotatable bonds is 5. The molecule has 1 aromatic carbocycles. The van der Waals surface area contributed by atoms with Crippen molar-refractivity contribution < 1.29 is 9.59 Å². The molecule has 1 aliphatic rings. The minimum absolute atomic E-state index is 0.0622. The van der Waals surface area contributed by atoms with Crippen molar-refractivity contribution >= 4 is 17.5 Å². The van der Waals surface area contributed by atoms with Gasteiger partial charge in [0.15, 0.2) is 0 Å². The summed E-state index contributed by atoms with van der Waals surface area (Å²) in [5.41, 5.74) is 1.95. The van der Waals surface area contributed by atoms with Crippen molar-refractivity contribution in [2.45, 2.75) is 26.3 Å². The molecule has 4 rings (SSSR count). The maximum absolute atomic E-state index is 12.9. The zero-order valence-electron chi connectivity index (χ0n) is 17.4. The third-order valence-electron chi connectivity index (χ3n) is 5.60. The van der Waals surface area contributed by atoms with Gasteiger partial charge < -0.3 is 15.2 Å². The average Bonchev–Trinajstić information content (AvgIpc) is 3.27. The van der Waals surface area contributed by atoms with Crippen molar-refractivity contribution in [1.29, 1.82) is 0 Å². The predicted molar refractivity (Wildman–Crippen MR) is 118 cm³/mol. The van der Waals surface area contributed by atoms with Gasteiger partial charge in [0.2, 0.25) is 5.91 Å². The Hall–Kier alpha value is -3.68. The van der Waals surface area contributed by atoms with Crippen LogP contribution in [0, 0.1) is 5.92 Å². The molecule has 1 fully saturated rings. The molecule has 0 aliphatic carbocycles. The van der Waals surface area contributed by atoms with Crippen molar-refractivity contribution in [1.82, 2.24) is 19.7 Å². The Kier molecular flexibility index (Phi) is 5.97. The van der Waals surface area contributed by atoms with Crippen LogP contribution in [0.2, 0.25) is 0 Å². The molecule has 0 unspecified atom stereocenters. The van der Waals surface area contributed by atoms with Gasteiger partial charge in [-0.1, -0.05) is 30.3 Å². The van der Waals surface area contributed by atoms with Crippen LogP contribution in [0.25, 0.3) is 11.3 Å². The normalized spacial score (nSPS) is 14.4. The largest absolute Gasteiger partial charge is 0.338 e. The fraction of sp³-hybridized carbons (Fsp3) is 0.304. The monoisotopic (exact) mass is 419 g/mol. The highest BCUT2D eigenvalue weighted by Gasteiger charge is 2.29. The minimum Gasteiger partial charge on any atom is -0.338 e. The molecular formula is C23H25N5O3. The van der Waals surface area contributed by atoms with Gasteiger partial charge in [0.25, 0.3) is 11.5 Å². The maximum atomic E-state index is 12.9. The van der Waals surface area contributed by atoms with Crippen molar-refractivity contribution in [3.8, 4) is 11.3 Å². The van der Waals surface area contributed by atoms with Gasteiger partial charge >= 0.3 is 0 Å². The SMILES string of the molecule is CCn1cc(NC(=O)C2CCN(C(=O)c3ccc(-c4ccccc4)[nH]c3=O)CC2)cn1. The van der Waals surface area contributed by atoms with Gasteiger partial charge in [-0.25, -0.2) is 0 Å². The number of pyridine rings is 1. The lowest BCUT2D eigenvalue weighted by Crippen LogP contribution is -2.43. The molecule has 3 aromatic rings. The molecule has 2 amide bonds. The summed E-state index contributed by atoms with van der Waals surface area (Å²) < 4.78 is 1.75. The van der Waals surface area contributed by atoms with Gasteiger partial charge in [-0.3, -0.25) is 19.1 Å². The van der Waals surface area contributed by atoms with Gasteiger partial charge in [0.1, 0.15) is 5.56 Å². The number of aromatic nitrogens is 3. The van der Waals surface area contributed by atoms with Crippen LogP contribution in [-0.2, 0) is 11.3 Å². The predicted octanol–water partition coefficient (Wildman–Crippen LogP) is 2.75. The number of H-pyrrole nitrogens is 1. The summed E-state index contributed by atoms with van der Waals surface area (Å²) in [4.78, 5) is 42.4. The van der Waals surface area contributed by atoms with Crippen LogP contribution in [-0.4, -0.2) is 44.6 Å². The first kappa shape index (κ1) is 20.6. The molecule has 31 heavy (non-hydrogen) atoms. The number of aryl methyl sites for hydroxylation is 1. The quantitative estimate of drug-likeness (QED) is 0.664. The summed E-state index contributed by atoms with van der Waals surface area (Å²) in [5, 5.41) is 7.04. The summed E-state index contributed by atoms with van der Waals surface area (Å²) in [6.07, 6.45) is 4.53. The molecule has 0 saturated carbocycles. The number of hydrogen-bond acceptors (Lipinski definition) is 4. The fourth-order valence-corrected chi connectivity index (χ4v) is 3.79. The molecule has 8 nitrogen and oxygen atoms in total. The average molecular weight is 419 g/mol. The lowest BCUT2D eigenvalue weighted by Gasteiger charge is -2.31. The Bertz CT molecular complexity index is 1130. The van der Waals surface area contributed by atoms with Crippen molar-refractivity contribution in [2.75, 3.05) is 18.4 Å². The number of nitrogens with one attached hydrogen (secondary N) is 2. The molecule has 0 spiro atoms. The number of benzene rings is 1. The fourth-order valence-electron chi connectivity index (χ4n) is 3.79. The zero-order chi connectivity index (χ0) is 21.8. The van der Waals surface area contributed by atoms with Crippen LogP contribution in [0.5, 0.6) is 0 Å². The van der Waals surface area contributed by atoms with Gasteiger partial charge in [0, 0.05) is 37.4 Å². The second-order valence-corrected chi connectivity index (χ2v) is 7.62. The Labute approximate surface area is 179 Å². The maximum Gasteiger partial charge on any atom is 0.261 e. The summed E-state index contributed by atoms with van der Waals surface area (Å²) in [6, 6.07) is 12.8. The zero-order valence-corrected chi connectivity index (χ0v) is 17.4. The standard InChI is InChI=1S/C23H25N5O3/c1-2-28-15-18(14-24-28)25-21(29)17-10-12-27(13-11-17)23(31)19-8-9-20(26-22(19)30)16-6-4-3-5-7-16/h3-9,14-15,17H,2,10-13H2,1H3,(H,25,29)(H,26,30). The van der Waals surface area contributed by atoms with Gasteiger partial charge in [-0.05, 0) is 37.5 Å². The van der Waals surface area contributed by atoms with Crippen LogP contribution in [0.3, 0.4) is 0 Å². The number of carbonyl (C=O) groups is 2. The molecule has 0 atom stereocenters. The highest BCUT2D eigenvalue weighted by Crippen LogP contribution is 2.21. The lowest BCUT2D eigenvalue weighted by molar-refractivity contribution is -0.121. The summed E-state index contributed by atoms with van der Waals surface area (Å²) in [7, 11) is 0. The Morgan fingerprint density at radius 2 is 1.87 bits per heavy atom. The highest BCUT2D eigenvalue weighted by atomic mass is 16.2. The van der Waals surface area contributed by atoms with E-state index in [4.69, 9.17) is 0 Å².